The first-order valence-corrected chi connectivity index (χ1v) is 6.83. The highest BCUT2D eigenvalue weighted by Crippen LogP contribution is 2.22. The van der Waals surface area contributed by atoms with Crippen molar-refractivity contribution in [1.29, 1.82) is 0 Å². The van der Waals surface area contributed by atoms with Crippen molar-refractivity contribution in [2.24, 2.45) is 0 Å². The number of aliphatic hydroxyl groups is 1. The topological polar surface area (TPSA) is 110 Å². The molecule has 0 radical (unpaired) electrons. The summed E-state index contributed by atoms with van der Waals surface area (Å²) >= 11 is 0. The molecule has 1 aliphatic rings. The van der Waals surface area contributed by atoms with E-state index in [1.165, 1.54) is 6.08 Å². The zero-order valence-corrected chi connectivity index (χ0v) is 12.0. The lowest BCUT2D eigenvalue weighted by atomic mass is 10.2. The fraction of sp³-hybridized carbons (Fsp3) is 0.286. The first-order valence-electron chi connectivity index (χ1n) is 6.83. The second-order valence-electron chi connectivity index (χ2n) is 5.09. The van der Waals surface area contributed by atoms with Gasteiger partial charge in [0.2, 0.25) is 5.95 Å². The maximum Gasteiger partial charge on any atom is 0.224 e. The van der Waals surface area contributed by atoms with Gasteiger partial charge in [-0.25, -0.2) is 4.68 Å². The van der Waals surface area contributed by atoms with Crippen LogP contribution in [0, 0.1) is 6.92 Å². The number of carbonyl (C=O) groups is 1. The third kappa shape index (κ3) is 2.56. The summed E-state index contributed by atoms with van der Waals surface area (Å²) in [5, 5.41) is 13.7. The number of nitrogens with zero attached hydrogens (tertiary/aromatic N) is 5. The maximum absolute atomic E-state index is 10.4. The molecule has 8 heteroatoms. The van der Waals surface area contributed by atoms with E-state index < -0.39 is 0 Å². The number of rotatable bonds is 4. The third-order valence-corrected chi connectivity index (χ3v) is 3.52. The average molecular weight is 300 g/mol. The summed E-state index contributed by atoms with van der Waals surface area (Å²) in [6, 6.07) is 1.77. The molecule has 3 rings (SSSR count). The van der Waals surface area contributed by atoms with Gasteiger partial charge in [0.1, 0.15) is 12.1 Å². The van der Waals surface area contributed by atoms with Crippen molar-refractivity contribution in [3.05, 3.63) is 29.6 Å². The van der Waals surface area contributed by atoms with Crippen LogP contribution < -0.4 is 10.6 Å². The van der Waals surface area contributed by atoms with Crippen molar-refractivity contribution in [3.63, 3.8) is 0 Å². The van der Waals surface area contributed by atoms with Gasteiger partial charge in [-0.05, 0) is 19.1 Å². The molecule has 1 aliphatic heterocycles. The van der Waals surface area contributed by atoms with Crippen LogP contribution in [0.3, 0.4) is 0 Å². The fourth-order valence-electron chi connectivity index (χ4n) is 2.31. The molecule has 0 aliphatic carbocycles. The van der Waals surface area contributed by atoms with E-state index in [-0.39, 0.29) is 12.1 Å². The van der Waals surface area contributed by atoms with Gasteiger partial charge in [-0.3, -0.25) is 4.79 Å². The van der Waals surface area contributed by atoms with Gasteiger partial charge in [-0.15, -0.1) is 0 Å². The van der Waals surface area contributed by atoms with Gasteiger partial charge in [0.05, 0.1) is 18.0 Å². The standard InChI is InChI=1S/C14H16N6O2/c1-9-10(3-2-4-21)6-16-20(9)13-5-12(17-14(15)18-13)19-7-11(22)8-19/h2-6,11,22H,7-8H2,1H3,(H2,15,17,18). The average Bonchev–Trinajstić information content (AvgIpc) is 2.82. The van der Waals surface area contributed by atoms with Crippen molar-refractivity contribution in [2.75, 3.05) is 23.7 Å². The number of aldehydes is 1. The normalized spacial score (nSPS) is 15.3. The number of allylic oxidation sites excluding steroid dienone is 1. The highest BCUT2D eigenvalue weighted by molar-refractivity contribution is 5.74. The van der Waals surface area contributed by atoms with E-state index in [9.17, 15) is 9.90 Å². The molecular formula is C14H16N6O2. The number of hydrogen-bond donors (Lipinski definition) is 2. The van der Waals surface area contributed by atoms with E-state index in [1.54, 1.807) is 23.0 Å². The molecule has 2 aromatic rings. The van der Waals surface area contributed by atoms with Crippen molar-refractivity contribution in [3.8, 4) is 5.82 Å². The highest BCUT2D eigenvalue weighted by Gasteiger charge is 2.26. The lowest BCUT2D eigenvalue weighted by Gasteiger charge is -2.36. The van der Waals surface area contributed by atoms with E-state index >= 15 is 0 Å². The molecule has 0 atom stereocenters. The molecule has 1 saturated heterocycles. The lowest BCUT2D eigenvalue weighted by Crippen LogP contribution is -2.51. The SMILES string of the molecule is Cc1c(C=CC=O)cnn1-c1cc(N2CC(O)C2)nc(N)n1. The van der Waals surface area contributed by atoms with Crippen LogP contribution in [-0.4, -0.2) is 50.3 Å². The minimum absolute atomic E-state index is 0.147. The summed E-state index contributed by atoms with van der Waals surface area (Å²) in [7, 11) is 0. The Kier molecular flexibility index (Phi) is 3.60. The molecule has 3 N–H and O–H groups in total. The minimum atomic E-state index is -0.328. The molecule has 22 heavy (non-hydrogen) atoms. The second-order valence-corrected chi connectivity index (χ2v) is 5.09. The Bertz CT molecular complexity index is 733. The van der Waals surface area contributed by atoms with Gasteiger partial charge in [-0.2, -0.15) is 15.1 Å². The molecule has 8 nitrogen and oxygen atoms in total. The minimum Gasteiger partial charge on any atom is -0.389 e. The smallest absolute Gasteiger partial charge is 0.224 e. The van der Waals surface area contributed by atoms with Crippen LogP contribution in [0.15, 0.2) is 18.3 Å². The van der Waals surface area contributed by atoms with Crippen molar-refractivity contribution in [2.45, 2.75) is 13.0 Å². The summed E-state index contributed by atoms with van der Waals surface area (Å²) in [5.41, 5.74) is 7.44. The number of anilines is 2. The van der Waals surface area contributed by atoms with Gasteiger partial charge >= 0.3 is 0 Å². The largest absolute Gasteiger partial charge is 0.389 e. The van der Waals surface area contributed by atoms with Crippen LogP contribution >= 0.6 is 0 Å². The summed E-state index contributed by atoms with van der Waals surface area (Å²) < 4.78 is 1.64. The molecule has 0 spiro atoms. The van der Waals surface area contributed by atoms with E-state index in [1.807, 2.05) is 11.8 Å². The number of carbonyl (C=O) groups excluding carboxylic acids is 1. The van der Waals surface area contributed by atoms with Crippen LogP contribution in [0.2, 0.25) is 0 Å². The van der Waals surface area contributed by atoms with Crippen LogP contribution in [0.25, 0.3) is 11.9 Å². The highest BCUT2D eigenvalue weighted by atomic mass is 16.3. The summed E-state index contributed by atoms with van der Waals surface area (Å²) in [6.45, 7) is 2.94. The van der Waals surface area contributed by atoms with Crippen molar-refractivity contribution < 1.29 is 9.90 Å². The number of aromatic nitrogens is 4. The third-order valence-electron chi connectivity index (χ3n) is 3.52. The molecular weight excluding hydrogens is 284 g/mol. The maximum atomic E-state index is 10.4. The Morgan fingerprint density at radius 3 is 2.77 bits per heavy atom. The number of nitrogen functional groups attached to an aromatic ring is 1. The van der Waals surface area contributed by atoms with Crippen LogP contribution in [0.1, 0.15) is 11.3 Å². The van der Waals surface area contributed by atoms with Gasteiger partial charge in [0.15, 0.2) is 5.82 Å². The van der Waals surface area contributed by atoms with E-state index in [2.05, 4.69) is 15.1 Å². The molecule has 0 bridgehead atoms. The predicted molar refractivity (Wildman–Crippen MR) is 81.6 cm³/mol. The first kappa shape index (κ1) is 14.2. The Labute approximate surface area is 126 Å². The van der Waals surface area contributed by atoms with E-state index in [0.29, 0.717) is 31.0 Å². The van der Waals surface area contributed by atoms with E-state index in [4.69, 9.17) is 5.73 Å². The number of aliphatic hydroxyl groups excluding tert-OH is 1. The summed E-state index contributed by atoms with van der Waals surface area (Å²) in [6.07, 6.45) is 5.14. The number of β-amino-alcohol motifs (C(OH)–C–C–N with tert-alkyl or cyclic N) is 1. The van der Waals surface area contributed by atoms with Crippen LogP contribution in [0.4, 0.5) is 11.8 Å². The van der Waals surface area contributed by atoms with Crippen LogP contribution in [0.5, 0.6) is 0 Å². The predicted octanol–water partition coefficient (Wildman–Crippen LogP) is -0.0541. The number of hydrogen-bond acceptors (Lipinski definition) is 7. The van der Waals surface area contributed by atoms with Gasteiger partial charge in [0.25, 0.3) is 0 Å². The molecule has 2 aromatic heterocycles. The van der Waals surface area contributed by atoms with Crippen LogP contribution in [-0.2, 0) is 4.79 Å². The zero-order chi connectivity index (χ0) is 15.7. The number of nitrogens with two attached hydrogens (primary N) is 1. The zero-order valence-electron chi connectivity index (χ0n) is 12.0. The van der Waals surface area contributed by atoms with Gasteiger partial charge in [0, 0.05) is 24.7 Å². The fourth-order valence-corrected chi connectivity index (χ4v) is 2.31. The van der Waals surface area contributed by atoms with Gasteiger partial charge < -0.3 is 15.7 Å². The van der Waals surface area contributed by atoms with Gasteiger partial charge in [-0.1, -0.05) is 0 Å². The monoisotopic (exact) mass is 300 g/mol. The Hall–Kier alpha value is -2.74. The summed E-state index contributed by atoms with van der Waals surface area (Å²) in [5.74, 6) is 1.36. The molecule has 1 fully saturated rings. The Morgan fingerprint density at radius 2 is 2.09 bits per heavy atom. The van der Waals surface area contributed by atoms with Crippen molar-refractivity contribution >= 4 is 24.1 Å². The second kappa shape index (κ2) is 5.57. The molecule has 3 heterocycles. The van der Waals surface area contributed by atoms with Crippen molar-refractivity contribution in [1.82, 2.24) is 19.7 Å². The molecule has 114 valence electrons. The molecule has 0 amide bonds. The Balaban J connectivity index is 1.96. The molecule has 0 aromatic carbocycles. The lowest BCUT2D eigenvalue weighted by molar-refractivity contribution is -0.104. The quantitative estimate of drug-likeness (QED) is 0.601. The molecule has 0 unspecified atom stereocenters. The summed E-state index contributed by atoms with van der Waals surface area (Å²) in [4.78, 5) is 20.7. The molecule has 0 saturated carbocycles. The van der Waals surface area contributed by atoms with E-state index in [0.717, 1.165) is 11.3 Å². The first-order chi connectivity index (χ1) is 10.6. The Morgan fingerprint density at radius 1 is 1.36 bits per heavy atom.